The van der Waals surface area contributed by atoms with Crippen LogP contribution in [-0.2, 0) is 22.5 Å². The second-order valence-electron chi connectivity index (χ2n) is 3.84. The summed E-state index contributed by atoms with van der Waals surface area (Å²) in [5, 5.41) is 12.5. The molecule has 0 aliphatic carbocycles. The molecule has 0 fully saturated rings. The first-order valence-electron chi connectivity index (χ1n) is 5.41. The van der Waals surface area contributed by atoms with Gasteiger partial charge in [-0.05, 0) is 36.6 Å². The maximum Gasteiger partial charge on any atom is 0.323 e. The maximum absolute atomic E-state index is 11.5. The minimum absolute atomic E-state index is 0. The number of carbonyl (C=O) groups excluding carboxylic acids is 1. The van der Waals surface area contributed by atoms with Gasteiger partial charge in [0, 0.05) is 6.54 Å². The molecule has 0 saturated carbocycles. The topological polar surface area (TPSA) is 58.6 Å². The van der Waals surface area contributed by atoms with Crippen molar-refractivity contribution in [3.63, 3.8) is 0 Å². The van der Waals surface area contributed by atoms with Crippen molar-refractivity contribution >= 4 is 18.4 Å². The van der Waals surface area contributed by atoms with Crippen LogP contribution in [0, 0.1) is 0 Å². The molecule has 1 aromatic rings. The molecule has 0 amide bonds. The minimum Gasteiger partial charge on any atom is -0.508 e. The molecule has 0 unspecified atom stereocenters. The average Bonchev–Trinajstić information content (AvgIpc) is 2.28. The molecular formula is C12H16ClNO3. The number of ether oxygens (including phenoxy) is 1. The highest BCUT2D eigenvalue weighted by Crippen LogP contribution is 2.21. The Balaban J connectivity index is 0.00000144. The molecule has 0 saturated heterocycles. The number of phenols is 1. The van der Waals surface area contributed by atoms with Crippen LogP contribution in [0.25, 0.3) is 0 Å². The standard InChI is InChI=1S/C12H15NO3.ClH/c1-2-16-12(15)11-6-9-5-10(14)4-3-8(9)7-13-11;/h3-5,11,13-14H,2,6-7H2,1H3;1H/t11-;/m0./s1. The van der Waals surface area contributed by atoms with Gasteiger partial charge in [-0.2, -0.15) is 0 Å². The van der Waals surface area contributed by atoms with Crippen LogP contribution in [0.3, 0.4) is 0 Å². The monoisotopic (exact) mass is 257 g/mol. The number of esters is 1. The number of hydrogen-bond acceptors (Lipinski definition) is 4. The predicted molar refractivity (Wildman–Crippen MR) is 66.3 cm³/mol. The van der Waals surface area contributed by atoms with Crippen LogP contribution in [0.5, 0.6) is 5.75 Å². The van der Waals surface area contributed by atoms with Gasteiger partial charge in [0.15, 0.2) is 0 Å². The van der Waals surface area contributed by atoms with E-state index < -0.39 is 0 Å². The molecule has 0 bridgehead atoms. The first-order valence-corrected chi connectivity index (χ1v) is 5.41. The molecule has 1 aliphatic heterocycles. The summed E-state index contributed by atoms with van der Waals surface area (Å²) in [7, 11) is 0. The second kappa shape index (κ2) is 5.89. The van der Waals surface area contributed by atoms with E-state index in [2.05, 4.69) is 5.32 Å². The van der Waals surface area contributed by atoms with Crippen LogP contribution in [-0.4, -0.2) is 23.7 Å². The lowest BCUT2D eigenvalue weighted by Gasteiger charge is -2.24. The summed E-state index contributed by atoms with van der Waals surface area (Å²) in [6, 6.07) is 4.95. The Morgan fingerprint density at radius 1 is 1.53 bits per heavy atom. The number of rotatable bonds is 2. The van der Waals surface area contributed by atoms with Crippen molar-refractivity contribution in [2.24, 2.45) is 0 Å². The van der Waals surface area contributed by atoms with Crippen molar-refractivity contribution in [2.45, 2.75) is 25.9 Å². The Hall–Kier alpha value is -1.26. The molecule has 0 radical (unpaired) electrons. The maximum atomic E-state index is 11.5. The van der Waals surface area contributed by atoms with Crippen LogP contribution < -0.4 is 5.32 Å². The van der Waals surface area contributed by atoms with Gasteiger partial charge in [0.1, 0.15) is 11.8 Å². The van der Waals surface area contributed by atoms with Crippen LogP contribution in [0.2, 0.25) is 0 Å². The van der Waals surface area contributed by atoms with E-state index in [1.54, 1.807) is 19.1 Å². The van der Waals surface area contributed by atoms with Gasteiger partial charge in [0.25, 0.3) is 0 Å². The molecule has 5 heteroatoms. The summed E-state index contributed by atoms with van der Waals surface area (Å²) >= 11 is 0. The van der Waals surface area contributed by atoms with Gasteiger partial charge in [-0.3, -0.25) is 4.79 Å². The molecule has 94 valence electrons. The lowest BCUT2D eigenvalue weighted by molar-refractivity contribution is -0.145. The first-order chi connectivity index (χ1) is 7.70. The molecule has 4 nitrogen and oxygen atoms in total. The van der Waals surface area contributed by atoms with Crippen molar-refractivity contribution in [3.05, 3.63) is 29.3 Å². The van der Waals surface area contributed by atoms with E-state index in [1.165, 1.54) is 0 Å². The van der Waals surface area contributed by atoms with E-state index in [0.717, 1.165) is 11.1 Å². The number of carbonyl (C=O) groups is 1. The van der Waals surface area contributed by atoms with E-state index in [4.69, 9.17) is 4.74 Å². The van der Waals surface area contributed by atoms with Crippen molar-refractivity contribution in [1.29, 1.82) is 0 Å². The summed E-state index contributed by atoms with van der Waals surface area (Å²) in [5.74, 6) is 0.0137. The highest BCUT2D eigenvalue weighted by molar-refractivity contribution is 5.85. The summed E-state index contributed by atoms with van der Waals surface area (Å²) in [4.78, 5) is 11.5. The Morgan fingerprint density at radius 3 is 3.00 bits per heavy atom. The van der Waals surface area contributed by atoms with Crippen molar-refractivity contribution < 1.29 is 14.6 Å². The van der Waals surface area contributed by atoms with Gasteiger partial charge in [-0.25, -0.2) is 0 Å². The summed E-state index contributed by atoms with van der Waals surface area (Å²) in [5.41, 5.74) is 2.13. The molecule has 1 aromatic carbocycles. The lowest BCUT2D eigenvalue weighted by Crippen LogP contribution is -2.42. The fourth-order valence-corrected chi connectivity index (χ4v) is 1.91. The molecule has 0 aromatic heterocycles. The van der Waals surface area contributed by atoms with E-state index in [0.29, 0.717) is 19.6 Å². The molecule has 0 spiro atoms. The third kappa shape index (κ3) is 3.11. The summed E-state index contributed by atoms with van der Waals surface area (Å²) in [6.07, 6.45) is 0.572. The van der Waals surface area contributed by atoms with E-state index in [1.807, 2.05) is 6.07 Å². The Bertz CT molecular complexity index is 409. The van der Waals surface area contributed by atoms with Crippen LogP contribution in [0.4, 0.5) is 0 Å². The number of hydrogen-bond donors (Lipinski definition) is 2. The SMILES string of the molecule is CCOC(=O)[C@@H]1Cc2cc(O)ccc2CN1.Cl. The molecule has 1 aliphatic rings. The molecule has 1 heterocycles. The van der Waals surface area contributed by atoms with Gasteiger partial charge >= 0.3 is 5.97 Å². The molecule has 2 N–H and O–H groups in total. The van der Waals surface area contributed by atoms with Crippen LogP contribution in [0.1, 0.15) is 18.1 Å². The first kappa shape index (κ1) is 13.8. The molecule has 1 atom stereocenters. The highest BCUT2D eigenvalue weighted by Gasteiger charge is 2.25. The zero-order valence-corrected chi connectivity index (χ0v) is 10.4. The van der Waals surface area contributed by atoms with Crippen LogP contribution in [0.15, 0.2) is 18.2 Å². The van der Waals surface area contributed by atoms with Crippen molar-refractivity contribution in [1.82, 2.24) is 5.32 Å². The Morgan fingerprint density at radius 2 is 2.29 bits per heavy atom. The van der Waals surface area contributed by atoms with Gasteiger partial charge in [0.2, 0.25) is 0 Å². The Labute approximate surface area is 106 Å². The predicted octanol–water partition coefficient (Wildman–Crippen LogP) is 1.39. The van der Waals surface area contributed by atoms with E-state index in [-0.39, 0.29) is 30.2 Å². The van der Waals surface area contributed by atoms with Gasteiger partial charge in [-0.15, -0.1) is 12.4 Å². The van der Waals surface area contributed by atoms with E-state index in [9.17, 15) is 9.90 Å². The zero-order valence-electron chi connectivity index (χ0n) is 9.60. The fourth-order valence-electron chi connectivity index (χ4n) is 1.91. The Kier molecular flexibility index (Phi) is 4.78. The van der Waals surface area contributed by atoms with Crippen molar-refractivity contribution in [3.8, 4) is 5.75 Å². The highest BCUT2D eigenvalue weighted by atomic mass is 35.5. The number of aromatic hydroxyl groups is 1. The second-order valence-corrected chi connectivity index (χ2v) is 3.84. The quantitative estimate of drug-likeness (QED) is 0.787. The normalized spacial score (nSPS) is 17.8. The third-order valence-electron chi connectivity index (χ3n) is 2.72. The number of fused-ring (bicyclic) bond motifs is 1. The van der Waals surface area contributed by atoms with Gasteiger partial charge < -0.3 is 15.2 Å². The minimum atomic E-state index is -0.297. The summed E-state index contributed by atoms with van der Waals surface area (Å²) < 4.78 is 4.96. The fraction of sp³-hybridized carbons (Fsp3) is 0.417. The van der Waals surface area contributed by atoms with Crippen LogP contribution >= 0.6 is 12.4 Å². The largest absolute Gasteiger partial charge is 0.508 e. The molecule has 17 heavy (non-hydrogen) atoms. The van der Waals surface area contributed by atoms with Gasteiger partial charge in [-0.1, -0.05) is 6.07 Å². The van der Waals surface area contributed by atoms with Crippen molar-refractivity contribution in [2.75, 3.05) is 6.61 Å². The average molecular weight is 258 g/mol. The smallest absolute Gasteiger partial charge is 0.323 e. The van der Waals surface area contributed by atoms with Gasteiger partial charge in [0.05, 0.1) is 6.61 Å². The number of phenolic OH excluding ortho intramolecular Hbond substituents is 1. The number of halogens is 1. The van der Waals surface area contributed by atoms with E-state index >= 15 is 0 Å². The third-order valence-corrected chi connectivity index (χ3v) is 2.72. The lowest BCUT2D eigenvalue weighted by atomic mass is 9.95. The number of benzene rings is 1. The molecule has 2 rings (SSSR count). The number of nitrogens with one attached hydrogen (secondary N) is 1. The zero-order chi connectivity index (χ0) is 11.5. The molecular weight excluding hydrogens is 242 g/mol. The summed E-state index contributed by atoms with van der Waals surface area (Å²) in [6.45, 7) is 2.82.